The molecule has 96 valence electrons. The van der Waals surface area contributed by atoms with Crippen LogP contribution in [-0.2, 0) is 13.0 Å². The van der Waals surface area contributed by atoms with Gasteiger partial charge < -0.3 is 5.32 Å². The van der Waals surface area contributed by atoms with Crippen molar-refractivity contribution in [2.24, 2.45) is 0 Å². The number of halogens is 1. The molecular weight excluding hydrogens is 233 g/mol. The van der Waals surface area contributed by atoms with Gasteiger partial charge in [-0.05, 0) is 48.5 Å². The normalized spacial score (nSPS) is 12.6. The number of rotatable bonds is 5. The molecule has 1 atom stereocenters. The number of aromatic nitrogens is 4. The first-order chi connectivity index (χ1) is 8.70. The lowest BCUT2D eigenvalue weighted by molar-refractivity contribution is 0.452. The van der Waals surface area contributed by atoms with Crippen LogP contribution in [0.4, 0.5) is 4.39 Å². The van der Waals surface area contributed by atoms with Crippen LogP contribution in [0.1, 0.15) is 24.4 Å². The summed E-state index contributed by atoms with van der Waals surface area (Å²) in [5.41, 5.74) is 1.06. The fraction of sp³-hybridized carbons (Fsp3) is 0.417. The van der Waals surface area contributed by atoms with Crippen molar-refractivity contribution < 1.29 is 4.39 Å². The van der Waals surface area contributed by atoms with E-state index in [0.717, 1.165) is 17.8 Å². The number of nitrogens with zero attached hydrogens (tertiary/aromatic N) is 4. The fourth-order valence-corrected chi connectivity index (χ4v) is 1.88. The van der Waals surface area contributed by atoms with Gasteiger partial charge >= 0.3 is 0 Å². The van der Waals surface area contributed by atoms with E-state index in [9.17, 15) is 4.39 Å². The Morgan fingerprint density at radius 3 is 2.72 bits per heavy atom. The van der Waals surface area contributed by atoms with Crippen LogP contribution in [0.15, 0.2) is 24.3 Å². The first-order valence-corrected chi connectivity index (χ1v) is 5.86. The van der Waals surface area contributed by atoms with E-state index in [0.29, 0.717) is 6.54 Å². The Bertz CT molecular complexity index is 493. The van der Waals surface area contributed by atoms with Gasteiger partial charge in [0.15, 0.2) is 5.82 Å². The first-order valence-electron chi connectivity index (χ1n) is 5.86. The third-order valence-electron chi connectivity index (χ3n) is 2.76. The average Bonchev–Trinajstić information content (AvgIpc) is 2.81. The van der Waals surface area contributed by atoms with E-state index >= 15 is 0 Å². The molecule has 0 bridgehead atoms. The third kappa shape index (κ3) is 2.89. The summed E-state index contributed by atoms with van der Waals surface area (Å²) in [6, 6.07) is 6.64. The summed E-state index contributed by atoms with van der Waals surface area (Å²) in [5, 5.41) is 14.7. The van der Waals surface area contributed by atoms with E-state index < -0.39 is 0 Å². The van der Waals surface area contributed by atoms with Crippen molar-refractivity contribution >= 4 is 0 Å². The van der Waals surface area contributed by atoms with E-state index in [2.05, 4.69) is 20.8 Å². The minimum absolute atomic E-state index is 0.133. The maximum absolute atomic E-state index is 12.8. The van der Waals surface area contributed by atoms with E-state index in [-0.39, 0.29) is 11.9 Å². The molecule has 18 heavy (non-hydrogen) atoms. The van der Waals surface area contributed by atoms with Gasteiger partial charge in [0.1, 0.15) is 5.82 Å². The van der Waals surface area contributed by atoms with Crippen LogP contribution in [-0.4, -0.2) is 27.3 Å². The van der Waals surface area contributed by atoms with Crippen molar-refractivity contribution in [3.8, 4) is 0 Å². The lowest BCUT2D eigenvalue weighted by Gasteiger charge is -2.13. The van der Waals surface area contributed by atoms with Gasteiger partial charge in [-0.25, -0.2) is 9.07 Å². The predicted octanol–water partition coefficient (Wildman–Crippen LogP) is 1.34. The summed E-state index contributed by atoms with van der Waals surface area (Å²) in [5.74, 6) is 0.580. The number of hydrogen-bond donors (Lipinski definition) is 1. The van der Waals surface area contributed by atoms with Gasteiger partial charge in [0.25, 0.3) is 0 Å². The quantitative estimate of drug-likeness (QED) is 0.868. The van der Waals surface area contributed by atoms with Gasteiger partial charge in [-0.2, -0.15) is 0 Å². The van der Waals surface area contributed by atoms with Crippen molar-refractivity contribution in [3.63, 3.8) is 0 Å². The maximum atomic E-state index is 12.8. The standard InChI is InChI=1S/C12H16FN5/c1-9(7-10-3-5-11(13)6-4-10)18-12(8-14-2)15-16-17-18/h3-6,9,14H,7-8H2,1-2H3. The second kappa shape index (κ2) is 5.68. The second-order valence-corrected chi connectivity index (χ2v) is 4.25. The van der Waals surface area contributed by atoms with Crippen LogP contribution in [0.25, 0.3) is 0 Å². The summed E-state index contributed by atoms with van der Waals surface area (Å²) in [4.78, 5) is 0. The SMILES string of the molecule is CNCc1nnnn1C(C)Cc1ccc(F)cc1. The minimum atomic E-state index is -0.218. The molecule has 0 fully saturated rings. The smallest absolute Gasteiger partial charge is 0.165 e. The summed E-state index contributed by atoms with van der Waals surface area (Å²) in [6.07, 6.45) is 0.766. The zero-order chi connectivity index (χ0) is 13.0. The molecule has 2 aromatic rings. The van der Waals surface area contributed by atoms with Crippen LogP contribution >= 0.6 is 0 Å². The number of hydrogen-bond acceptors (Lipinski definition) is 4. The Morgan fingerprint density at radius 1 is 1.33 bits per heavy atom. The summed E-state index contributed by atoms with van der Waals surface area (Å²) in [6.45, 7) is 2.67. The molecule has 0 saturated carbocycles. The molecule has 0 aliphatic heterocycles. The van der Waals surface area contributed by atoms with Crippen molar-refractivity contribution in [1.82, 2.24) is 25.5 Å². The summed E-state index contributed by atoms with van der Waals surface area (Å²) < 4.78 is 14.6. The molecule has 1 heterocycles. The van der Waals surface area contributed by atoms with E-state index in [1.807, 2.05) is 14.0 Å². The molecule has 0 saturated heterocycles. The number of nitrogens with one attached hydrogen (secondary N) is 1. The Balaban J connectivity index is 2.09. The molecule has 0 aliphatic rings. The number of tetrazole rings is 1. The molecule has 1 unspecified atom stereocenters. The third-order valence-corrected chi connectivity index (χ3v) is 2.76. The van der Waals surface area contributed by atoms with Crippen molar-refractivity contribution in [1.29, 1.82) is 0 Å². The molecule has 1 aromatic carbocycles. The van der Waals surface area contributed by atoms with Gasteiger partial charge in [0, 0.05) is 0 Å². The van der Waals surface area contributed by atoms with Crippen molar-refractivity contribution in [2.75, 3.05) is 7.05 Å². The van der Waals surface area contributed by atoms with Gasteiger partial charge in [0.2, 0.25) is 0 Å². The molecule has 1 aromatic heterocycles. The van der Waals surface area contributed by atoms with Crippen LogP contribution in [0.3, 0.4) is 0 Å². The lowest BCUT2D eigenvalue weighted by Crippen LogP contribution is -2.17. The van der Waals surface area contributed by atoms with Gasteiger partial charge in [-0.15, -0.1) is 5.10 Å². The lowest BCUT2D eigenvalue weighted by atomic mass is 10.1. The molecule has 5 nitrogen and oxygen atoms in total. The predicted molar refractivity (Wildman–Crippen MR) is 65.4 cm³/mol. The van der Waals surface area contributed by atoms with Crippen molar-refractivity contribution in [3.05, 3.63) is 41.5 Å². The van der Waals surface area contributed by atoms with Crippen LogP contribution in [0.5, 0.6) is 0 Å². The molecule has 0 radical (unpaired) electrons. The monoisotopic (exact) mass is 249 g/mol. The van der Waals surface area contributed by atoms with Gasteiger partial charge in [0.05, 0.1) is 12.6 Å². The molecule has 0 amide bonds. The second-order valence-electron chi connectivity index (χ2n) is 4.25. The summed E-state index contributed by atoms with van der Waals surface area (Å²) in [7, 11) is 1.85. The number of benzene rings is 1. The zero-order valence-corrected chi connectivity index (χ0v) is 10.5. The van der Waals surface area contributed by atoms with Gasteiger partial charge in [-0.1, -0.05) is 12.1 Å². The Kier molecular flexibility index (Phi) is 3.99. The maximum Gasteiger partial charge on any atom is 0.165 e. The molecule has 2 rings (SSSR count). The average molecular weight is 249 g/mol. The Morgan fingerprint density at radius 2 is 2.06 bits per heavy atom. The van der Waals surface area contributed by atoms with Crippen LogP contribution in [0, 0.1) is 5.82 Å². The molecule has 0 aliphatic carbocycles. The fourth-order valence-electron chi connectivity index (χ4n) is 1.88. The summed E-state index contributed by atoms with van der Waals surface area (Å²) >= 11 is 0. The van der Waals surface area contributed by atoms with E-state index in [4.69, 9.17) is 0 Å². The molecule has 1 N–H and O–H groups in total. The highest BCUT2D eigenvalue weighted by Gasteiger charge is 2.12. The first kappa shape index (κ1) is 12.6. The van der Waals surface area contributed by atoms with Gasteiger partial charge in [-0.3, -0.25) is 0 Å². The van der Waals surface area contributed by atoms with Crippen LogP contribution < -0.4 is 5.32 Å². The highest BCUT2D eigenvalue weighted by Crippen LogP contribution is 2.14. The zero-order valence-electron chi connectivity index (χ0n) is 10.5. The minimum Gasteiger partial charge on any atom is -0.313 e. The highest BCUT2D eigenvalue weighted by molar-refractivity contribution is 5.16. The molecule has 0 spiro atoms. The van der Waals surface area contributed by atoms with E-state index in [1.54, 1.807) is 16.8 Å². The molecular formula is C12H16FN5. The largest absolute Gasteiger partial charge is 0.313 e. The topological polar surface area (TPSA) is 55.6 Å². The Hall–Kier alpha value is -1.82. The highest BCUT2D eigenvalue weighted by atomic mass is 19.1. The van der Waals surface area contributed by atoms with Crippen molar-refractivity contribution in [2.45, 2.75) is 25.9 Å². The molecule has 6 heteroatoms. The Labute approximate surface area is 105 Å². The van der Waals surface area contributed by atoms with Crippen LogP contribution in [0.2, 0.25) is 0 Å². The van der Waals surface area contributed by atoms with E-state index in [1.165, 1.54) is 12.1 Å².